The fourth-order valence-electron chi connectivity index (χ4n) is 4.01. The second-order valence-corrected chi connectivity index (χ2v) is 8.25. The summed E-state index contributed by atoms with van der Waals surface area (Å²) in [7, 11) is 0. The minimum Gasteiger partial charge on any atom is -0.483 e. The lowest BCUT2D eigenvalue weighted by Gasteiger charge is -2.22. The maximum absolute atomic E-state index is 12.6. The van der Waals surface area contributed by atoms with Crippen LogP contribution < -0.4 is 10.1 Å². The average Bonchev–Trinajstić information content (AvgIpc) is 2.70. The first-order valence-electron chi connectivity index (χ1n) is 10.6. The van der Waals surface area contributed by atoms with Gasteiger partial charge >= 0.3 is 0 Å². The number of aryl methyl sites for hydroxylation is 3. The van der Waals surface area contributed by atoms with E-state index in [-0.39, 0.29) is 18.6 Å². The summed E-state index contributed by atoms with van der Waals surface area (Å²) in [4.78, 5) is 12.6. The van der Waals surface area contributed by atoms with Crippen molar-refractivity contribution in [3.63, 3.8) is 0 Å². The number of carbonyl (C=O) groups excluding carboxylic acids is 1. The van der Waals surface area contributed by atoms with Crippen molar-refractivity contribution in [1.82, 2.24) is 5.32 Å². The van der Waals surface area contributed by atoms with Crippen molar-refractivity contribution >= 4 is 5.91 Å². The number of benzene rings is 2. The normalized spacial score (nSPS) is 14.5. The highest BCUT2D eigenvalue weighted by atomic mass is 16.5. The molecule has 1 aliphatic carbocycles. The van der Waals surface area contributed by atoms with Gasteiger partial charge in [-0.1, -0.05) is 51.1 Å². The Morgan fingerprint density at radius 3 is 2.54 bits per heavy atom. The molecule has 0 radical (unpaired) electrons. The van der Waals surface area contributed by atoms with Gasteiger partial charge in [-0.15, -0.1) is 0 Å². The number of hydrogen-bond acceptors (Lipinski definition) is 2. The Labute approximate surface area is 169 Å². The van der Waals surface area contributed by atoms with E-state index in [1.807, 2.05) is 13.0 Å². The van der Waals surface area contributed by atoms with Gasteiger partial charge in [0.05, 0.1) is 6.04 Å². The van der Waals surface area contributed by atoms with E-state index in [2.05, 4.69) is 56.4 Å². The van der Waals surface area contributed by atoms with Gasteiger partial charge in [0, 0.05) is 0 Å². The highest BCUT2D eigenvalue weighted by Crippen LogP contribution is 2.28. The van der Waals surface area contributed by atoms with Crippen LogP contribution in [0.2, 0.25) is 0 Å². The summed E-state index contributed by atoms with van der Waals surface area (Å²) in [5.41, 5.74) is 6.41. The Kier molecular flexibility index (Phi) is 6.77. The molecule has 2 aromatic rings. The SMILES string of the molecule is CC[C@@H](NC(=O)COc1cc(C)ccc1C(C)C)c1ccc2c(c1)CCCC2. The second-order valence-electron chi connectivity index (χ2n) is 8.25. The topological polar surface area (TPSA) is 38.3 Å². The first-order chi connectivity index (χ1) is 13.5. The zero-order valence-corrected chi connectivity index (χ0v) is 17.7. The van der Waals surface area contributed by atoms with Crippen molar-refractivity contribution in [2.45, 2.75) is 71.8 Å². The number of ether oxygens (including phenoxy) is 1. The largest absolute Gasteiger partial charge is 0.483 e. The number of hydrogen-bond donors (Lipinski definition) is 1. The maximum atomic E-state index is 12.6. The van der Waals surface area contributed by atoms with E-state index >= 15 is 0 Å². The summed E-state index contributed by atoms with van der Waals surface area (Å²) in [5.74, 6) is 1.10. The van der Waals surface area contributed by atoms with Crippen molar-refractivity contribution in [3.8, 4) is 5.75 Å². The number of rotatable bonds is 7. The van der Waals surface area contributed by atoms with Crippen LogP contribution in [0, 0.1) is 6.92 Å². The van der Waals surface area contributed by atoms with Crippen LogP contribution in [0.5, 0.6) is 5.75 Å². The lowest BCUT2D eigenvalue weighted by atomic mass is 9.89. The van der Waals surface area contributed by atoms with Crippen LogP contribution in [0.15, 0.2) is 36.4 Å². The van der Waals surface area contributed by atoms with Gasteiger partial charge in [-0.2, -0.15) is 0 Å². The molecule has 28 heavy (non-hydrogen) atoms. The van der Waals surface area contributed by atoms with Gasteiger partial charge in [-0.25, -0.2) is 0 Å². The van der Waals surface area contributed by atoms with E-state index in [9.17, 15) is 4.79 Å². The van der Waals surface area contributed by atoms with Gasteiger partial charge < -0.3 is 10.1 Å². The van der Waals surface area contributed by atoms with Gasteiger partial charge in [0.1, 0.15) is 5.75 Å². The van der Waals surface area contributed by atoms with Gasteiger partial charge in [0.2, 0.25) is 0 Å². The molecule has 0 saturated heterocycles. The lowest BCUT2D eigenvalue weighted by Crippen LogP contribution is -2.32. The fourth-order valence-corrected chi connectivity index (χ4v) is 4.01. The van der Waals surface area contributed by atoms with Gasteiger partial charge in [0.15, 0.2) is 6.61 Å². The van der Waals surface area contributed by atoms with Gasteiger partial charge in [-0.3, -0.25) is 4.79 Å². The molecule has 2 aromatic carbocycles. The molecular formula is C25H33NO2. The minimum absolute atomic E-state index is 0.0328. The molecule has 0 aromatic heterocycles. The van der Waals surface area contributed by atoms with Crippen molar-refractivity contribution < 1.29 is 9.53 Å². The van der Waals surface area contributed by atoms with Gasteiger partial charge in [0.25, 0.3) is 5.91 Å². The molecule has 3 rings (SSSR count). The molecule has 0 heterocycles. The molecular weight excluding hydrogens is 346 g/mol. The third-order valence-corrected chi connectivity index (χ3v) is 5.67. The van der Waals surface area contributed by atoms with E-state index in [1.54, 1.807) is 0 Å². The van der Waals surface area contributed by atoms with E-state index in [0.717, 1.165) is 29.7 Å². The third kappa shape index (κ3) is 4.95. The summed E-state index contributed by atoms with van der Waals surface area (Å²) in [6.07, 6.45) is 5.76. The van der Waals surface area contributed by atoms with Gasteiger partial charge in [-0.05, 0) is 78.8 Å². The van der Waals surface area contributed by atoms with Crippen LogP contribution in [0.25, 0.3) is 0 Å². The second kappa shape index (κ2) is 9.27. The Bertz CT molecular complexity index is 825. The quantitative estimate of drug-likeness (QED) is 0.676. The van der Waals surface area contributed by atoms with Crippen LogP contribution in [0.3, 0.4) is 0 Å². The summed E-state index contributed by atoms with van der Waals surface area (Å²) in [6.45, 7) is 8.48. The molecule has 0 fully saturated rings. The number of nitrogens with one attached hydrogen (secondary N) is 1. The van der Waals surface area contributed by atoms with Crippen molar-refractivity contribution in [2.24, 2.45) is 0 Å². The van der Waals surface area contributed by atoms with Crippen LogP contribution in [0.1, 0.15) is 79.8 Å². The van der Waals surface area contributed by atoms with Crippen molar-refractivity contribution in [2.75, 3.05) is 6.61 Å². The van der Waals surface area contributed by atoms with E-state index < -0.39 is 0 Å². The maximum Gasteiger partial charge on any atom is 0.258 e. The summed E-state index contributed by atoms with van der Waals surface area (Å²) in [5, 5.41) is 3.16. The first kappa shape index (κ1) is 20.4. The predicted octanol–water partition coefficient (Wildman–Crippen LogP) is 5.64. The number of amides is 1. The van der Waals surface area contributed by atoms with E-state index in [4.69, 9.17) is 4.74 Å². The average molecular weight is 380 g/mol. The summed E-state index contributed by atoms with van der Waals surface area (Å²) < 4.78 is 5.90. The Balaban J connectivity index is 1.64. The molecule has 0 aliphatic heterocycles. The highest BCUT2D eigenvalue weighted by Gasteiger charge is 2.17. The summed E-state index contributed by atoms with van der Waals surface area (Å²) >= 11 is 0. The number of fused-ring (bicyclic) bond motifs is 1. The zero-order chi connectivity index (χ0) is 20.1. The molecule has 1 atom stereocenters. The highest BCUT2D eigenvalue weighted by molar-refractivity contribution is 5.78. The summed E-state index contributed by atoms with van der Waals surface area (Å²) in [6, 6.07) is 12.9. The Morgan fingerprint density at radius 2 is 1.82 bits per heavy atom. The molecule has 3 nitrogen and oxygen atoms in total. The minimum atomic E-state index is -0.0687. The Morgan fingerprint density at radius 1 is 1.07 bits per heavy atom. The molecule has 0 saturated carbocycles. The molecule has 150 valence electrons. The fraction of sp³-hybridized carbons (Fsp3) is 0.480. The van der Waals surface area contributed by atoms with Crippen LogP contribution in [0.4, 0.5) is 0 Å². The van der Waals surface area contributed by atoms with Crippen molar-refractivity contribution in [3.05, 3.63) is 64.2 Å². The lowest BCUT2D eigenvalue weighted by molar-refractivity contribution is -0.123. The van der Waals surface area contributed by atoms with E-state index in [0.29, 0.717) is 5.92 Å². The zero-order valence-electron chi connectivity index (χ0n) is 17.7. The van der Waals surface area contributed by atoms with Crippen LogP contribution >= 0.6 is 0 Å². The first-order valence-corrected chi connectivity index (χ1v) is 10.6. The van der Waals surface area contributed by atoms with Crippen LogP contribution in [-0.4, -0.2) is 12.5 Å². The molecule has 0 unspecified atom stereocenters. The molecule has 0 bridgehead atoms. The molecule has 3 heteroatoms. The Hall–Kier alpha value is -2.29. The molecule has 0 spiro atoms. The smallest absolute Gasteiger partial charge is 0.258 e. The predicted molar refractivity (Wildman–Crippen MR) is 115 cm³/mol. The van der Waals surface area contributed by atoms with E-state index in [1.165, 1.54) is 36.0 Å². The standard InChI is InChI=1S/C25H33NO2/c1-5-23(21-12-11-19-8-6-7-9-20(19)15-21)26-25(27)16-28-24-14-18(4)10-13-22(24)17(2)3/h10-15,17,23H,5-9,16H2,1-4H3,(H,26,27)/t23-/m1/s1. The monoisotopic (exact) mass is 379 g/mol. The van der Waals surface area contributed by atoms with Crippen molar-refractivity contribution in [1.29, 1.82) is 0 Å². The molecule has 1 aliphatic rings. The number of carbonyl (C=O) groups is 1. The van der Waals surface area contributed by atoms with Crippen LogP contribution in [-0.2, 0) is 17.6 Å². The molecule has 1 N–H and O–H groups in total. The third-order valence-electron chi connectivity index (χ3n) is 5.67. The molecule has 1 amide bonds.